The molecule has 0 N–H and O–H groups in total. The van der Waals surface area contributed by atoms with Gasteiger partial charge in [0.15, 0.2) is 0 Å². The molecule has 0 aliphatic rings. The van der Waals surface area contributed by atoms with Crippen molar-refractivity contribution in [3.8, 4) is 5.75 Å². The second kappa shape index (κ2) is 8.91. The van der Waals surface area contributed by atoms with Gasteiger partial charge >= 0.3 is 0 Å². The first-order valence-corrected chi connectivity index (χ1v) is 6.51. The lowest BCUT2D eigenvalue weighted by atomic mass is 10.2. The Morgan fingerprint density at radius 1 is 0.947 bits per heavy atom. The second-order valence-electron chi connectivity index (χ2n) is 4.57. The normalized spacial score (nSPS) is 14.1. The molecule has 4 heteroatoms. The van der Waals surface area contributed by atoms with Crippen molar-refractivity contribution in [2.45, 2.75) is 32.7 Å². The van der Waals surface area contributed by atoms with Crippen LogP contribution in [0.25, 0.3) is 0 Å². The van der Waals surface area contributed by atoms with Crippen LogP contribution in [-0.4, -0.2) is 39.6 Å². The van der Waals surface area contributed by atoms with Crippen molar-refractivity contribution in [2.75, 3.05) is 27.4 Å². The number of ether oxygens (including phenoxy) is 4. The van der Waals surface area contributed by atoms with E-state index in [1.54, 1.807) is 14.2 Å². The molecule has 108 valence electrons. The summed E-state index contributed by atoms with van der Waals surface area (Å²) in [5.41, 5.74) is 1.04. The van der Waals surface area contributed by atoms with Gasteiger partial charge in [-0.25, -0.2) is 0 Å². The van der Waals surface area contributed by atoms with Gasteiger partial charge < -0.3 is 18.9 Å². The molecule has 0 amide bonds. The summed E-state index contributed by atoms with van der Waals surface area (Å²) in [7, 11) is 3.34. The first-order chi connectivity index (χ1) is 9.17. The van der Waals surface area contributed by atoms with Gasteiger partial charge in [-0.15, -0.1) is 0 Å². The van der Waals surface area contributed by atoms with Gasteiger partial charge in [0.2, 0.25) is 0 Å². The van der Waals surface area contributed by atoms with E-state index in [1.165, 1.54) is 0 Å². The number of hydrogen-bond acceptors (Lipinski definition) is 4. The minimum Gasteiger partial charge on any atom is -0.488 e. The van der Waals surface area contributed by atoms with Crippen LogP contribution in [-0.2, 0) is 20.8 Å². The molecule has 0 heterocycles. The van der Waals surface area contributed by atoms with Crippen molar-refractivity contribution >= 4 is 0 Å². The highest BCUT2D eigenvalue weighted by Crippen LogP contribution is 2.20. The van der Waals surface area contributed by atoms with Crippen LogP contribution < -0.4 is 4.74 Å². The van der Waals surface area contributed by atoms with E-state index in [4.69, 9.17) is 18.9 Å². The van der Waals surface area contributed by atoms with Gasteiger partial charge in [-0.3, -0.25) is 0 Å². The van der Waals surface area contributed by atoms with Gasteiger partial charge in [-0.1, -0.05) is 18.2 Å². The maximum Gasteiger partial charge on any atom is 0.125 e. The van der Waals surface area contributed by atoms with Crippen LogP contribution in [0.15, 0.2) is 24.3 Å². The molecule has 1 rings (SSSR count). The van der Waals surface area contributed by atoms with E-state index in [-0.39, 0.29) is 12.2 Å². The zero-order valence-corrected chi connectivity index (χ0v) is 12.2. The molecule has 0 aliphatic heterocycles. The highest BCUT2D eigenvalue weighted by Gasteiger charge is 2.09. The molecule has 2 unspecified atom stereocenters. The van der Waals surface area contributed by atoms with Crippen LogP contribution in [0.5, 0.6) is 5.75 Å². The lowest BCUT2D eigenvalue weighted by molar-refractivity contribution is -0.00158. The molecule has 0 fully saturated rings. The lowest BCUT2D eigenvalue weighted by Gasteiger charge is -2.18. The number of benzene rings is 1. The molecule has 0 saturated carbocycles. The summed E-state index contributed by atoms with van der Waals surface area (Å²) in [6.07, 6.45) is 0.0806. The van der Waals surface area contributed by atoms with Crippen LogP contribution in [0.3, 0.4) is 0 Å². The Hall–Kier alpha value is -1.10. The first kappa shape index (κ1) is 16.0. The number of para-hydroxylation sites is 1. The van der Waals surface area contributed by atoms with Crippen molar-refractivity contribution in [1.82, 2.24) is 0 Å². The quantitative estimate of drug-likeness (QED) is 0.690. The van der Waals surface area contributed by atoms with Crippen molar-refractivity contribution in [3.05, 3.63) is 29.8 Å². The van der Waals surface area contributed by atoms with Crippen LogP contribution in [0.4, 0.5) is 0 Å². The first-order valence-electron chi connectivity index (χ1n) is 6.51. The van der Waals surface area contributed by atoms with E-state index in [2.05, 4.69) is 0 Å². The summed E-state index contributed by atoms with van der Waals surface area (Å²) in [6, 6.07) is 7.89. The summed E-state index contributed by atoms with van der Waals surface area (Å²) in [5.74, 6) is 0.844. The molecule has 0 radical (unpaired) electrons. The number of hydrogen-bond donors (Lipinski definition) is 0. The van der Waals surface area contributed by atoms with Crippen molar-refractivity contribution in [2.24, 2.45) is 0 Å². The third kappa shape index (κ3) is 6.05. The topological polar surface area (TPSA) is 36.9 Å². The zero-order chi connectivity index (χ0) is 14.1. The third-order valence-corrected chi connectivity index (χ3v) is 2.63. The Morgan fingerprint density at radius 3 is 2.26 bits per heavy atom. The highest BCUT2D eigenvalue weighted by atomic mass is 16.5. The molecule has 0 bridgehead atoms. The van der Waals surface area contributed by atoms with Gasteiger partial charge in [0.1, 0.15) is 11.9 Å². The Kier molecular flexibility index (Phi) is 7.48. The van der Waals surface area contributed by atoms with Crippen LogP contribution in [0, 0.1) is 0 Å². The fourth-order valence-electron chi connectivity index (χ4n) is 1.74. The van der Waals surface area contributed by atoms with Crippen molar-refractivity contribution < 1.29 is 18.9 Å². The Labute approximate surface area is 115 Å². The number of rotatable bonds is 9. The highest BCUT2D eigenvalue weighted by molar-refractivity contribution is 5.32. The molecule has 1 aromatic carbocycles. The van der Waals surface area contributed by atoms with Crippen molar-refractivity contribution in [3.63, 3.8) is 0 Å². The van der Waals surface area contributed by atoms with Gasteiger partial charge in [-0.2, -0.15) is 0 Å². The molecule has 0 saturated heterocycles. The van der Waals surface area contributed by atoms with E-state index in [9.17, 15) is 0 Å². The fraction of sp³-hybridized carbons (Fsp3) is 0.600. The van der Waals surface area contributed by atoms with Gasteiger partial charge in [0.25, 0.3) is 0 Å². The molecule has 0 aromatic heterocycles. The van der Waals surface area contributed by atoms with Crippen LogP contribution in [0.2, 0.25) is 0 Å². The summed E-state index contributed by atoms with van der Waals surface area (Å²) in [6.45, 7) is 5.63. The fourth-order valence-corrected chi connectivity index (χ4v) is 1.74. The largest absolute Gasteiger partial charge is 0.488 e. The molecule has 0 aliphatic carbocycles. The SMILES string of the molecule is COCC(C)OCc1ccccc1OC(C)COC. The standard InChI is InChI=1S/C15H24O4/c1-12(9-16-3)18-11-14-7-5-6-8-15(14)19-13(2)10-17-4/h5-8,12-13H,9-11H2,1-4H3. The summed E-state index contributed by atoms with van der Waals surface area (Å²) in [5, 5.41) is 0. The summed E-state index contributed by atoms with van der Waals surface area (Å²) in [4.78, 5) is 0. The number of methoxy groups -OCH3 is 2. The summed E-state index contributed by atoms with van der Waals surface area (Å²) >= 11 is 0. The Morgan fingerprint density at radius 2 is 1.58 bits per heavy atom. The van der Waals surface area contributed by atoms with Gasteiger partial charge in [0.05, 0.1) is 25.9 Å². The molecule has 4 nitrogen and oxygen atoms in total. The molecular formula is C15H24O4. The lowest BCUT2D eigenvalue weighted by Crippen LogP contribution is -2.19. The predicted molar refractivity (Wildman–Crippen MR) is 74.5 cm³/mol. The van der Waals surface area contributed by atoms with E-state index in [0.29, 0.717) is 19.8 Å². The van der Waals surface area contributed by atoms with E-state index in [1.807, 2.05) is 38.1 Å². The third-order valence-electron chi connectivity index (χ3n) is 2.63. The van der Waals surface area contributed by atoms with Gasteiger partial charge in [0, 0.05) is 19.8 Å². The molecular weight excluding hydrogens is 244 g/mol. The smallest absolute Gasteiger partial charge is 0.125 e. The van der Waals surface area contributed by atoms with E-state index < -0.39 is 0 Å². The molecule has 19 heavy (non-hydrogen) atoms. The van der Waals surface area contributed by atoms with E-state index >= 15 is 0 Å². The van der Waals surface area contributed by atoms with Crippen LogP contribution >= 0.6 is 0 Å². The second-order valence-corrected chi connectivity index (χ2v) is 4.57. The monoisotopic (exact) mass is 268 g/mol. The molecule has 2 atom stereocenters. The maximum absolute atomic E-state index is 5.84. The minimum atomic E-state index is 0.0162. The average molecular weight is 268 g/mol. The van der Waals surface area contributed by atoms with E-state index in [0.717, 1.165) is 11.3 Å². The molecule has 0 spiro atoms. The Bertz CT molecular complexity index is 354. The van der Waals surface area contributed by atoms with Gasteiger partial charge in [-0.05, 0) is 19.9 Å². The minimum absolute atomic E-state index is 0.0162. The Balaban J connectivity index is 2.57. The van der Waals surface area contributed by atoms with Crippen LogP contribution in [0.1, 0.15) is 19.4 Å². The zero-order valence-electron chi connectivity index (χ0n) is 12.2. The summed E-state index contributed by atoms with van der Waals surface area (Å²) < 4.78 is 21.7. The maximum atomic E-state index is 5.84. The average Bonchev–Trinajstić information content (AvgIpc) is 2.38. The predicted octanol–water partition coefficient (Wildman–Crippen LogP) is 2.65. The molecule has 1 aromatic rings. The van der Waals surface area contributed by atoms with Crippen molar-refractivity contribution in [1.29, 1.82) is 0 Å².